The van der Waals surface area contributed by atoms with Crippen molar-refractivity contribution in [3.8, 4) is 5.75 Å². The SMILES string of the molecule is CCOC(=O)[C@H](C)N1C(=O)S/C(=C/c2cc(Cl)c(OCc3ccc(F)cc3)c(Cl)c2)C1=O. The van der Waals surface area contributed by atoms with Crippen LogP contribution >= 0.6 is 35.0 Å². The lowest BCUT2D eigenvalue weighted by molar-refractivity contribution is -0.150. The molecule has 1 heterocycles. The number of benzene rings is 2. The molecule has 32 heavy (non-hydrogen) atoms. The second kappa shape index (κ2) is 10.4. The first kappa shape index (κ1) is 24.1. The summed E-state index contributed by atoms with van der Waals surface area (Å²) in [5.74, 6) is -1.39. The zero-order valence-electron chi connectivity index (χ0n) is 17.1. The van der Waals surface area contributed by atoms with Crippen molar-refractivity contribution in [2.24, 2.45) is 0 Å². The van der Waals surface area contributed by atoms with Gasteiger partial charge in [-0.25, -0.2) is 9.18 Å². The third-order valence-corrected chi connectivity index (χ3v) is 5.90. The number of hydrogen-bond donors (Lipinski definition) is 0. The van der Waals surface area contributed by atoms with Crippen molar-refractivity contribution in [3.05, 3.63) is 68.3 Å². The predicted molar refractivity (Wildman–Crippen MR) is 121 cm³/mol. The van der Waals surface area contributed by atoms with Crippen molar-refractivity contribution < 1.29 is 28.2 Å². The Bertz CT molecular complexity index is 1070. The number of carbonyl (C=O) groups is 3. The van der Waals surface area contributed by atoms with Gasteiger partial charge in [0, 0.05) is 0 Å². The number of hydrogen-bond acceptors (Lipinski definition) is 6. The molecule has 0 N–H and O–H groups in total. The molecule has 2 amide bonds. The standard InChI is InChI=1S/C22H18Cl2FNO5S/c1-3-30-21(28)12(2)26-20(27)18(32-22(26)29)10-14-8-16(23)19(17(24)9-14)31-11-13-4-6-15(25)7-5-13/h4-10,12H,3,11H2,1-2H3/b18-10+/t12-/m0/s1. The molecule has 168 valence electrons. The van der Waals surface area contributed by atoms with Gasteiger partial charge in [0.2, 0.25) is 0 Å². The van der Waals surface area contributed by atoms with E-state index in [1.54, 1.807) is 19.1 Å². The molecule has 0 spiro atoms. The average Bonchev–Trinajstić information content (AvgIpc) is 3.01. The first-order chi connectivity index (χ1) is 15.2. The van der Waals surface area contributed by atoms with Gasteiger partial charge in [0.1, 0.15) is 18.5 Å². The summed E-state index contributed by atoms with van der Waals surface area (Å²) in [5.41, 5.74) is 1.20. The molecule has 3 rings (SSSR count). The second-order valence-corrected chi connectivity index (χ2v) is 8.52. The van der Waals surface area contributed by atoms with E-state index in [0.717, 1.165) is 10.5 Å². The van der Waals surface area contributed by atoms with Gasteiger partial charge >= 0.3 is 5.97 Å². The Morgan fingerprint density at radius 3 is 2.41 bits per heavy atom. The number of carbonyl (C=O) groups excluding carboxylic acids is 3. The molecule has 1 saturated heterocycles. The minimum Gasteiger partial charge on any atom is -0.486 e. The first-order valence-electron chi connectivity index (χ1n) is 9.51. The van der Waals surface area contributed by atoms with Gasteiger partial charge in [-0.3, -0.25) is 14.5 Å². The first-order valence-corrected chi connectivity index (χ1v) is 11.1. The van der Waals surface area contributed by atoms with E-state index in [-0.39, 0.29) is 39.7 Å². The van der Waals surface area contributed by atoms with Crippen LogP contribution < -0.4 is 4.74 Å². The maximum atomic E-state index is 13.0. The lowest BCUT2D eigenvalue weighted by Gasteiger charge is -2.19. The van der Waals surface area contributed by atoms with Crippen LogP contribution in [0.1, 0.15) is 25.0 Å². The van der Waals surface area contributed by atoms with Crippen LogP contribution in [0.2, 0.25) is 10.0 Å². The Morgan fingerprint density at radius 1 is 1.19 bits per heavy atom. The topological polar surface area (TPSA) is 72.9 Å². The Labute approximate surface area is 198 Å². The van der Waals surface area contributed by atoms with Crippen molar-refractivity contribution >= 4 is 58.2 Å². The molecule has 0 unspecified atom stereocenters. The van der Waals surface area contributed by atoms with Crippen molar-refractivity contribution in [1.82, 2.24) is 4.90 Å². The number of halogens is 3. The molecule has 0 aromatic heterocycles. The molecule has 1 fully saturated rings. The Balaban J connectivity index is 1.77. The van der Waals surface area contributed by atoms with Crippen molar-refractivity contribution in [2.75, 3.05) is 6.61 Å². The van der Waals surface area contributed by atoms with Gasteiger partial charge in [-0.05, 0) is 67.1 Å². The molecule has 2 aromatic carbocycles. The number of amides is 2. The fourth-order valence-corrected chi connectivity index (χ4v) is 4.39. The van der Waals surface area contributed by atoms with Crippen LogP contribution in [-0.2, 0) is 20.9 Å². The van der Waals surface area contributed by atoms with Crippen LogP contribution in [0.4, 0.5) is 9.18 Å². The molecule has 1 atom stereocenters. The number of nitrogens with zero attached hydrogens (tertiary/aromatic N) is 1. The van der Waals surface area contributed by atoms with E-state index in [9.17, 15) is 18.8 Å². The minimum atomic E-state index is -1.04. The number of imide groups is 1. The Kier molecular flexibility index (Phi) is 7.82. The van der Waals surface area contributed by atoms with E-state index in [0.29, 0.717) is 17.3 Å². The van der Waals surface area contributed by atoms with Crippen LogP contribution in [0.25, 0.3) is 6.08 Å². The highest BCUT2D eigenvalue weighted by Crippen LogP contribution is 2.38. The van der Waals surface area contributed by atoms with Gasteiger partial charge < -0.3 is 9.47 Å². The molecule has 2 aromatic rings. The van der Waals surface area contributed by atoms with Crippen LogP contribution in [0.15, 0.2) is 41.3 Å². The zero-order valence-corrected chi connectivity index (χ0v) is 19.4. The molecule has 10 heteroatoms. The fraction of sp³-hybridized carbons (Fsp3) is 0.227. The molecular weight excluding hydrogens is 480 g/mol. The summed E-state index contributed by atoms with van der Waals surface area (Å²) in [6, 6.07) is 7.84. The van der Waals surface area contributed by atoms with Crippen molar-refractivity contribution in [1.29, 1.82) is 0 Å². The van der Waals surface area contributed by atoms with E-state index in [4.69, 9.17) is 32.7 Å². The highest BCUT2D eigenvalue weighted by atomic mass is 35.5. The van der Waals surface area contributed by atoms with Crippen LogP contribution in [0.5, 0.6) is 5.75 Å². The van der Waals surface area contributed by atoms with Crippen molar-refractivity contribution in [2.45, 2.75) is 26.5 Å². The van der Waals surface area contributed by atoms with Crippen LogP contribution in [-0.4, -0.2) is 34.7 Å². The maximum absolute atomic E-state index is 13.0. The Morgan fingerprint density at radius 2 is 1.81 bits per heavy atom. The fourth-order valence-electron chi connectivity index (χ4n) is 2.87. The van der Waals surface area contributed by atoms with Gasteiger partial charge in [-0.15, -0.1) is 0 Å². The summed E-state index contributed by atoms with van der Waals surface area (Å²) in [7, 11) is 0. The van der Waals surface area contributed by atoms with E-state index >= 15 is 0 Å². The highest BCUT2D eigenvalue weighted by molar-refractivity contribution is 8.18. The molecular formula is C22H18Cl2FNO5S. The summed E-state index contributed by atoms with van der Waals surface area (Å²) in [6.07, 6.45) is 1.46. The van der Waals surface area contributed by atoms with E-state index in [1.165, 1.54) is 37.3 Å². The van der Waals surface area contributed by atoms with Gasteiger partial charge in [-0.1, -0.05) is 35.3 Å². The monoisotopic (exact) mass is 497 g/mol. The van der Waals surface area contributed by atoms with Crippen LogP contribution in [0, 0.1) is 5.82 Å². The summed E-state index contributed by atoms with van der Waals surface area (Å²) < 4.78 is 23.6. The second-order valence-electron chi connectivity index (χ2n) is 6.71. The number of ether oxygens (including phenoxy) is 2. The normalized spacial score (nSPS) is 15.9. The maximum Gasteiger partial charge on any atom is 0.329 e. The summed E-state index contributed by atoms with van der Waals surface area (Å²) in [5, 5.41) is -0.173. The van der Waals surface area contributed by atoms with Gasteiger partial charge in [0.05, 0.1) is 21.6 Å². The molecule has 0 radical (unpaired) electrons. The molecule has 1 aliphatic rings. The summed E-state index contributed by atoms with van der Waals surface area (Å²) in [6.45, 7) is 3.34. The molecule has 0 bridgehead atoms. The quantitative estimate of drug-likeness (QED) is 0.360. The number of esters is 1. The van der Waals surface area contributed by atoms with E-state index < -0.39 is 23.2 Å². The zero-order chi connectivity index (χ0) is 23.4. The minimum absolute atomic E-state index is 0.123. The predicted octanol–water partition coefficient (Wildman–Crippen LogP) is 5.70. The molecule has 0 aliphatic carbocycles. The number of thioether (sulfide) groups is 1. The van der Waals surface area contributed by atoms with Gasteiger partial charge in [-0.2, -0.15) is 0 Å². The average molecular weight is 498 g/mol. The molecule has 6 nitrogen and oxygen atoms in total. The largest absolute Gasteiger partial charge is 0.486 e. The summed E-state index contributed by atoms with van der Waals surface area (Å²) in [4.78, 5) is 37.9. The van der Waals surface area contributed by atoms with E-state index in [2.05, 4.69) is 0 Å². The molecule has 1 aliphatic heterocycles. The van der Waals surface area contributed by atoms with E-state index in [1.807, 2.05) is 0 Å². The third kappa shape index (κ3) is 5.43. The smallest absolute Gasteiger partial charge is 0.329 e. The number of rotatable bonds is 7. The highest BCUT2D eigenvalue weighted by Gasteiger charge is 2.41. The molecule has 0 saturated carbocycles. The lowest BCUT2D eigenvalue weighted by atomic mass is 10.2. The van der Waals surface area contributed by atoms with Gasteiger partial charge in [0.15, 0.2) is 5.75 Å². The third-order valence-electron chi connectivity index (χ3n) is 4.45. The summed E-state index contributed by atoms with van der Waals surface area (Å²) >= 11 is 13.3. The van der Waals surface area contributed by atoms with Crippen LogP contribution in [0.3, 0.4) is 0 Å². The van der Waals surface area contributed by atoms with Crippen molar-refractivity contribution in [3.63, 3.8) is 0 Å². The lowest BCUT2D eigenvalue weighted by Crippen LogP contribution is -2.42. The van der Waals surface area contributed by atoms with Gasteiger partial charge in [0.25, 0.3) is 11.1 Å². The Hall–Kier alpha value is -2.55.